The van der Waals surface area contributed by atoms with Crippen LogP contribution in [0, 0.1) is 5.82 Å². The maximum absolute atomic E-state index is 13.7. The molecule has 1 N–H and O–H groups in total. The lowest BCUT2D eigenvalue weighted by Crippen LogP contribution is -2.24. The Morgan fingerprint density at radius 2 is 2.00 bits per heavy atom. The average molecular weight is 264 g/mol. The first kappa shape index (κ1) is 11.4. The molecular weight excluding hydrogens is 253 g/mol. The van der Waals surface area contributed by atoms with Gasteiger partial charge in [-0.15, -0.1) is 0 Å². The van der Waals surface area contributed by atoms with Gasteiger partial charge < -0.3 is 10.1 Å². The Bertz CT molecular complexity index is 588. The zero-order chi connectivity index (χ0) is 12.5. The highest BCUT2D eigenvalue weighted by molar-refractivity contribution is 6.32. The van der Waals surface area contributed by atoms with E-state index in [0.717, 1.165) is 5.69 Å². The minimum Gasteiger partial charge on any atom is -0.480 e. The number of hydrogen-bond acceptors (Lipinski definition) is 2. The van der Waals surface area contributed by atoms with E-state index in [9.17, 15) is 4.39 Å². The number of hydrogen-bond donors (Lipinski definition) is 1. The summed E-state index contributed by atoms with van der Waals surface area (Å²) in [5.41, 5.74) is 1.38. The molecule has 3 rings (SSSR count). The molecular formula is C14H11ClFNO. The van der Waals surface area contributed by atoms with Crippen LogP contribution in [0.25, 0.3) is 0 Å². The van der Waals surface area contributed by atoms with Crippen molar-refractivity contribution in [3.8, 4) is 5.75 Å². The van der Waals surface area contributed by atoms with Gasteiger partial charge in [0.1, 0.15) is 11.9 Å². The van der Waals surface area contributed by atoms with Crippen LogP contribution < -0.4 is 10.1 Å². The van der Waals surface area contributed by atoms with E-state index in [1.807, 2.05) is 12.1 Å². The minimum atomic E-state index is -0.362. The lowest BCUT2D eigenvalue weighted by Gasteiger charge is -2.28. The van der Waals surface area contributed by atoms with Crippen LogP contribution in [-0.4, -0.2) is 6.54 Å². The van der Waals surface area contributed by atoms with Crippen LogP contribution in [0.3, 0.4) is 0 Å². The third-order valence-corrected chi connectivity index (χ3v) is 3.25. The maximum atomic E-state index is 13.7. The van der Waals surface area contributed by atoms with Gasteiger partial charge in [0.15, 0.2) is 5.75 Å². The summed E-state index contributed by atoms with van der Waals surface area (Å²) >= 11 is 6.08. The Morgan fingerprint density at radius 3 is 2.83 bits per heavy atom. The minimum absolute atomic E-state index is 0.264. The second kappa shape index (κ2) is 4.50. The van der Waals surface area contributed by atoms with Gasteiger partial charge >= 0.3 is 0 Å². The molecule has 1 atom stereocenters. The lowest BCUT2D eigenvalue weighted by atomic mass is 10.1. The van der Waals surface area contributed by atoms with E-state index in [0.29, 0.717) is 22.9 Å². The number of rotatable bonds is 1. The Labute approximate surface area is 109 Å². The zero-order valence-electron chi connectivity index (χ0n) is 9.49. The predicted molar refractivity (Wildman–Crippen MR) is 69.7 cm³/mol. The van der Waals surface area contributed by atoms with Gasteiger partial charge in [0.2, 0.25) is 0 Å². The van der Waals surface area contributed by atoms with Crippen molar-refractivity contribution < 1.29 is 9.13 Å². The molecule has 4 heteroatoms. The van der Waals surface area contributed by atoms with Gasteiger partial charge in [-0.2, -0.15) is 0 Å². The first-order valence-electron chi connectivity index (χ1n) is 5.69. The summed E-state index contributed by atoms with van der Waals surface area (Å²) in [4.78, 5) is 0. The number of halogens is 2. The van der Waals surface area contributed by atoms with Crippen LogP contribution >= 0.6 is 11.6 Å². The summed E-state index contributed by atoms with van der Waals surface area (Å²) in [5.74, 6) is 0.318. The Kier molecular flexibility index (Phi) is 2.84. The molecule has 0 aliphatic carbocycles. The summed E-state index contributed by atoms with van der Waals surface area (Å²) in [5, 5.41) is 3.73. The standard InChI is InChI=1S/C14H11ClFNO/c15-10-5-3-7-12-14(10)18-13(8-17-12)9-4-1-2-6-11(9)16/h1-7,13,17H,8H2. The second-order valence-corrected chi connectivity index (χ2v) is 4.53. The van der Waals surface area contributed by atoms with Gasteiger partial charge in [-0.25, -0.2) is 4.39 Å². The number of ether oxygens (including phenoxy) is 1. The van der Waals surface area contributed by atoms with Crippen molar-refractivity contribution in [2.24, 2.45) is 0 Å². The highest BCUT2D eigenvalue weighted by atomic mass is 35.5. The normalized spacial score (nSPS) is 17.6. The van der Waals surface area contributed by atoms with Crippen molar-refractivity contribution in [3.05, 3.63) is 58.9 Å². The lowest BCUT2D eigenvalue weighted by molar-refractivity contribution is 0.205. The molecule has 2 aromatic rings. The van der Waals surface area contributed by atoms with Gasteiger partial charge in [-0.1, -0.05) is 35.9 Å². The summed E-state index contributed by atoms with van der Waals surface area (Å²) in [6, 6.07) is 12.1. The topological polar surface area (TPSA) is 21.3 Å². The average Bonchev–Trinajstić information content (AvgIpc) is 2.40. The second-order valence-electron chi connectivity index (χ2n) is 4.13. The molecule has 0 radical (unpaired) electrons. The van der Waals surface area contributed by atoms with Crippen LogP contribution in [0.1, 0.15) is 11.7 Å². The number of fused-ring (bicyclic) bond motifs is 1. The smallest absolute Gasteiger partial charge is 0.162 e. The highest BCUT2D eigenvalue weighted by Crippen LogP contribution is 2.39. The molecule has 0 bridgehead atoms. The van der Waals surface area contributed by atoms with E-state index in [4.69, 9.17) is 16.3 Å². The van der Waals surface area contributed by atoms with E-state index < -0.39 is 0 Å². The van der Waals surface area contributed by atoms with E-state index in [1.165, 1.54) is 6.07 Å². The van der Waals surface area contributed by atoms with Crippen molar-refractivity contribution in [1.82, 2.24) is 0 Å². The van der Waals surface area contributed by atoms with Crippen molar-refractivity contribution in [2.45, 2.75) is 6.10 Å². The SMILES string of the molecule is Fc1ccccc1C1CNc2cccc(Cl)c2O1. The zero-order valence-corrected chi connectivity index (χ0v) is 10.2. The van der Waals surface area contributed by atoms with Gasteiger partial charge in [0.05, 0.1) is 17.3 Å². The van der Waals surface area contributed by atoms with Crippen molar-refractivity contribution >= 4 is 17.3 Å². The molecule has 0 spiro atoms. The van der Waals surface area contributed by atoms with Crippen LogP contribution in [0.2, 0.25) is 5.02 Å². The molecule has 92 valence electrons. The molecule has 1 unspecified atom stereocenters. The molecule has 0 saturated heterocycles. The molecule has 1 heterocycles. The van der Waals surface area contributed by atoms with E-state index in [-0.39, 0.29) is 11.9 Å². The Balaban J connectivity index is 1.96. The first-order chi connectivity index (χ1) is 8.75. The van der Waals surface area contributed by atoms with E-state index in [1.54, 1.807) is 24.3 Å². The van der Waals surface area contributed by atoms with Crippen molar-refractivity contribution in [3.63, 3.8) is 0 Å². The fourth-order valence-corrected chi connectivity index (χ4v) is 2.28. The Hall–Kier alpha value is -1.74. The molecule has 2 nitrogen and oxygen atoms in total. The summed E-state index contributed by atoms with van der Waals surface area (Å²) in [6.45, 7) is 0.522. The number of anilines is 1. The molecule has 0 amide bonds. The van der Waals surface area contributed by atoms with E-state index >= 15 is 0 Å². The molecule has 0 saturated carbocycles. The van der Waals surface area contributed by atoms with Crippen LogP contribution in [-0.2, 0) is 0 Å². The highest BCUT2D eigenvalue weighted by Gasteiger charge is 2.24. The maximum Gasteiger partial charge on any atom is 0.162 e. The molecule has 18 heavy (non-hydrogen) atoms. The number of nitrogens with one attached hydrogen (secondary N) is 1. The largest absolute Gasteiger partial charge is 0.480 e. The van der Waals surface area contributed by atoms with Crippen LogP contribution in [0.4, 0.5) is 10.1 Å². The van der Waals surface area contributed by atoms with Crippen molar-refractivity contribution in [1.29, 1.82) is 0 Å². The van der Waals surface area contributed by atoms with Crippen LogP contribution in [0.15, 0.2) is 42.5 Å². The van der Waals surface area contributed by atoms with E-state index in [2.05, 4.69) is 5.32 Å². The summed E-state index contributed by atoms with van der Waals surface area (Å²) in [7, 11) is 0. The molecule has 0 aromatic heterocycles. The fourth-order valence-electron chi connectivity index (χ4n) is 2.06. The van der Waals surface area contributed by atoms with Crippen LogP contribution in [0.5, 0.6) is 5.75 Å². The van der Waals surface area contributed by atoms with Gasteiger partial charge in [0.25, 0.3) is 0 Å². The first-order valence-corrected chi connectivity index (χ1v) is 6.07. The summed E-state index contributed by atoms with van der Waals surface area (Å²) in [6.07, 6.45) is -0.362. The predicted octanol–water partition coefficient (Wildman–Crippen LogP) is 4.02. The fraction of sp³-hybridized carbons (Fsp3) is 0.143. The van der Waals surface area contributed by atoms with Crippen molar-refractivity contribution in [2.75, 3.05) is 11.9 Å². The number of para-hydroxylation sites is 1. The summed E-state index contributed by atoms with van der Waals surface area (Å²) < 4.78 is 19.5. The molecule has 1 aliphatic rings. The third kappa shape index (κ3) is 1.91. The van der Waals surface area contributed by atoms with Gasteiger partial charge in [-0.3, -0.25) is 0 Å². The third-order valence-electron chi connectivity index (χ3n) is 2.96. The van der Waals surface area contributed by atoms with Gasteiger partial charge in [-0.05, 0) is 18.2 Å². The molecule has 0 fully saturated rings. The quantitative estimate of drug-likeness (QED) is 0.839. The monoisotopic (exact) mass is 263 g/mol. The molecule has 2 aromatic carbocycles. The van der Waals surface area contributed by atoms with Gasteiger partial charge in [0, 0.05) is 5.56 Å². The number of benzene rings is 2. The molecule has 1 aliphatic heterocycles. The Morgan fingerprint density at radius 1 is 1.17 bits per heavy atom.